The van der Waals surface area contributed by atoms with Gasteiger partial charge in [0.15, 0.2) is 5.65 Å². The summed E-state index contributed by atoms with van der Waals surface area (Å²) >= 11 is 0. The predicted molar refractivity (Wildman–Crippen MR) is 80.2 cm³/mol. The molecule has 0 spiro atoms. The van der Waals surface area contributed by atoms with Crippen LogP contribution in [0.15, 0.2) is 6.20 Å². The van der Waals surface area contributed by atoms with E-state index < -0.39 is 0 Å². The third kappa shape index (κ3) is 2.29. The van der Waals surface area contributed by atoms with Gasteiger partial charge in [0.2, 0.25) is 5.95 Å². The van der Waals surface area contributed by atoms with Crippen LogP contribution < -0.4 is 10.2 Å². The molecular weight excluding hydrogens is 254 g/mol. The first kappa shape index (κ1) is 13.1. The summed E-state index contributed by atoms with van der Waals surface area (Å²) in [4.78, 5) is 13.7. The van der Waals surface area contributed by atoms with Crippen LogP contribution in [0.3, 0.4) is 0 Å². The molecule has 2 aromatic rings. The number of hydrogen-bond acceptors (Lipinski definition) is 6. The highest BCUT2D eigenvalue weighted by Gasteiger charge is 2.27. The fourth-order valence-electron chi connectivity index (χ4n) is 2.65. The maximum atomic E-state index is 4.66. The number of rotatable bonds is 4. The highest BCUT2D eigenvalue weighted by atomic mass is 15.3. The van der Waals surface area contributed by atoms with E-state index in [9.17, 15) is 0 Å². The number of H-pyrrole nitrogens is 1. The standard InChI is InChI=1S/C13H21N7/c1-4-14-13-16-11-10(7-15-18-11)12(17-13)20-6-5-9(8-20)19(2)3/h7,9H,4-6,8H2,1-3H3,(H2,14,15,16,17,18). The Labute approximate surface area is 118 Å². The van der Waals surface area contributed by atoms with Crippen LogP contribution in [0.4, 0.5) is 11.8 Å². The van der Waals surface area contributed by atoms with Crippen LogP contribution in [0.25, 0.3) is 11.0 Å². The fourth-order valence-corrected chi connectivity index (χ4v) is 2.65. The van der Waals surface area contributed by atoms with Crippen molar-refractivity contribution < 1.29 is 0 Å². The number of aromatic nitrogens is 4. The molecule has 20 heavy (non-hydrogen) atoms. The summed E-state index contributed by atoms with van der Waals surface area (Å²) in [7, 11) is 4.26. The van der Waals surface area contributed by atoms with E-state index in [-0.39, 0.29) is 0 Å². The Balaban J connectivity index is 1.95. The first-order chi connectivity index (χ1) is 9.69. The van der Waals surface area contributed by atoms with Crippen molar-refractivity contribution in [2.24, 2.45) is 0 Å². The molecule has 1 unspecified atom stereocenters. The first-order valence-electron chi connectivity index (χ1n) is 7.05. The highest BCUT2D eigenvalue weighted by molar-refractivity contribution is 5.87. The number of aromatic amines is 1. The van der Waals surface area contributed by atoms with Crippen molar-refractivity contribution >= 4 is 22.8 Å². The van der Waals surface area contributed by atoms with E-state index in [2.05, 4.69) is 49.4 Å². The van der Waals surface area contributed by atoms with E-state index >= 15 is 0 Å². The maximum absolute atomic E-state index is 4.66. The van der Waals surface area contributed by atoms with Crippen molar-refractivity contribution in [3.8, 4) is 0 Å². The van der Waals surface area contributed by atoms with Crippen LogP contribution in [0.1, 0.15) is 13.3 Å². The summed E-state index contributed by atoms with van der Waals surface area (Å²) in [5.41, 5.74) is 0.791. The summed E-state index contributed by atoms with van der Waals surface area (Å²) in [5, 5.41) is 11.2. The molecule has 0 aliphatic carbocycles. The Morgan fingerprint density at radius 3 is 3.00 bits per heavy atom. The van der Waals surface area contributed by atoms with Gasteiger partial charge in [0.05, 0.1) is 11.6 Å². The van der Waals surface area contributed by atoms with Gasteiger partial charge in [-0.3, -0.25) is 5.10 Å². The molecule has 1 aliphatic rings. The van der Waals surface area contributed by atoms with Crippen LogP contribution in [0.5, 0.6) is 0 Å². The van der Waals surface area contributed by atoms with Crippen molar-refractivity contribution in [3.63, 3.8) is 0 Å². The third-order valence-corrected chi connectivity index (χ3v) is 3.82. The molecule has 7 nitrogen and oxygen atoms in total. The molecule has 1 fully saturated rings. The molecule has 2 aromatic heterocycles. The molecule has 0 saturated carbocycles. The lowest BCUT2D eigenvalue weighted by Crippen LogP contribution is -2.31. The Morgan fingerprint density at radius 2 is 2.30 bits per heavy atom. The van der Waals surface area contributed by atoms with Crippen molar-refractivity contribution in [3.05, 3.63) is 6.20 Å². The molecule has 3 heterocycles. The Bertz CT molecular complexity index is 591. The zero-order valence-electron chi connectivity index (χ0n) is 12.2. The minimum absolute atomic E-state index is 0.578. The lowest BCUT2D eigenvalue weighted by molar-refractivity contribution is 0.315. The van der Waals surface area contributed by atoms with Crippen molar-refractivity contribution in [1.29, 1.82) is 0 Å². The van der Waals surface area contributed by atoms with Crippen LogP contribution in [-0.4, -0.2) is 64.8 Å². The van der Waals surface area contributed by atoms with E-state index in [0.29, 0.717) is 12.0 Å². The van der Waals surface area contributed by atoms with E-state index in [1.54, 1.807) is 0 Å². The number of nitrogens with zero attached hydrogens (tertiary/aromatic N) is 5. The van der Waals surface area contributed by atoms with E-state index in [1.807, 2.05) is 13.1 Å². The van der Waals surface area contributed by atoms with Gasteiger partial charge in [0, 0.05) is 25.7 Å². The van der Waals surface area contributed by atoms with Gasteiger partial charge in [-0.05, 0) is 27.4 Å². The molecule has 0 aromatic carbocycles. The number of hydrogen-bond donors (Lipinski definition) is 2. The molecule has 2 N–H and O–H groups in total. The third-order valence-electron chi connectivity index (χ3n) is 3.82. The summed E-state index contributed by atoms with van der Waals surface area (Å²) in [6, 6.07) is 0.578. The molecule has 0 radical (unpaired) electrons. The summed E-state index contributed by atoms with van der Waals surface area (Å²) in [5.74, 6) is 1.64. The number of anilines is 2. The largest absolute Gasteiger partial charge is 0.354 e. The minimum Gasteiger partial charge on any atom is -0.354 e. The van der Waals surface area contributed by atoms with Crippen LogP contribution in [0.2, 0.25) is 0 Å². The van der Waals surface area contributed by atoms with Gasteiger partial charge in [-0.25, -0.2) is 0 Å². The van der Waals surface area contributed by atoms with Gasteiger partial charge < -0.3 is 15.1 Å². The molecule has 1 saturated heterocycles. The van der Waals surface area contributed by atoms with Crippen LogP contribution >= 0.6 is 0 Å². The van der Waals surface area contributed by atoms with Crippen LogP contribution in [0, 0.1) is 0 Å². The quantitative estimate of drug-likeness (QED) is 0.864. The van der Waals surface area contributed by atoms with Gasteiger partial charge in [0.25, 0.3) is 0 Å². The van der Waals surface area contributed by atoms with Gasteiger partial charge in [0.1, 0.15) is 5.82 Å². The number of nitrogens with one attached hydrogen (secondary N) is 2. The monoisotopic (exact) mass is 275 g/mol. The fraction of sp³-hybridized carbons (Fsp3) is 0.615. The topological polar surface area (TPSA) is 73.0 Å². The summed E-state index contributed by atoms with van der Waals surface area (Å²) in [6.07, 6.45) is 2.97. The highest BCUT2D eigenvalue weighted by Crippen LogP contribution is 2.27. The first-order valence-corrected chi connectivity index (χ1v) is 7.05. The van der Waals surface area contributed by atoms with Gasteiger partial charge in [-0.1, -0.05) is 0 Å². The molecule has 108 valence electrons. The van der Waals surface area contributed by atoms with E-state index in [4.69, 9.17) is 0 Å². The smallest absolute Gasteiger partial charge is 0.226 e. The lowest BCUT2D eigenvalue weighted by Gasteiger charge is -2.21. The predicted octanol–water partition coefficient (Wildman–Crippen LogP) is 0.925. The van der Waals surface area contributed by atoms with Gasteiger partial charge >= 0.3 is 0 Å². The molecule has 7 heteroatoms. The summed E-state index contributed by atoms with van der Waals surface area (Å²) < 4.78 is 0. The second kappa shape index (κ2) is 5.24. The van der Waals surface area contributed by atoms with Crippen molar-refractivity contribution in [1.82, 2.24) is 25.1 Å². The number of likely N-dealkylation sites (N-methyl/N-ethyl adjacent to an activating group) is 1. The SMILES string of the molecule is CCNc1nc(N2CCC(N(C)C)C2)c2cn[nH]c2n1. The second-order valence-corrected chi connectivity index (χ2v) is 5.39. The zero-order valence-corrected chi connectivity index (χ0v) is 12.2. The molecule has 1 aliphatic heterocycles. The Morgan fingerprint density at radius 1 is 1.45 bits per heavy atom. The van der Waals surface area contributed by atoms with Crippen molar-refractivity contribution in [2.75, 3.05) is 43.9 Å². The van der Waals surface area contributed by atoms with Gasteiger partial charge in [-0.2, -0.15) is 15.1 Å². The Kier molecular flexibility index (Phi) is 3.43. The van der Waals surface area contributed by atoms with E-state index in [0.717, 1.165) is 42.9 Å². The molecule has 0 bridgehead atoms. The molecule has 1 atom stereocenters. The summed E-state index contributed by atoms with van der Waals surface area (Å²) in [6.45, 7) is 4.86. The zero-order chi connectivity index (χ0) is 14.1. The molecule has 0 amide bonds. The molecular formula is C13H21N7. The maximum Gasteiger partial charge on any atom is 0.226 e. The van der Waals surface area contributed by atoms with Gasteiger partial charge in [-0.15, -0.1) is 0 Å². The van der Waals surface area contributed by atoms with Crippen molar-refractivity contribution in [2.45, 2.75) is 19.4 Å². The second-order valence-electron chi connectivity index (χ2n) is 5.39. The number of fused-ring (bicyclic) bond motifs is 1. The average Bonchev–Trinajstić information content (AvgIpc) is 3.07. The normalized spacial score (nSPS) is 19.2. The molecule has 3 rings (SSSR count). The Hall–Kier alpha value is -1.89. The van der Waals surface area contributed by atoms with Crippen LogP contribution in [-0.2, 0) is 0 Å². The average molecular weight is 275 g/mol. The van der Waals surface area contributed by atoms with E-state index in [1.165, 1.54) is 0 Å². The minimum atomic E-state index is 0.578. The lowest BCUT2D eigenvalue weighted by atomic mass is 10.2.